The van der Waals surface area contributed by atoms with Gasteiger partial charge >= 0.3 is 0 Å². The predicted octanol–water partition coefficient (Wildman–Crippen LogP) is 2.89. The molecule has 0 amide bonds. The summed E-state index contributed by atoms with van der Waals surface area (Å²) in [6.07, 6.45) is 1.54. The van der Waals surface area contributed by atoms with Gasteiger partial charge in [0.15, 0.2) is 0 Å². The summed E-state index contributed by atoms with van der Waals surface area (Å²) in [4.78, 5) is 10.3. The molecular weight excluding hydrogens is 268 g/mol. The van der Waals surface area contributed by atoms with Crippen LogP contribution in [0.5, 0.6) is 0 Å². The van der Waals surface area contributed by atoms with Crippen molar-refractivity contribution in [2.45, 2.75) is 38.8 Å². The van der Waals surface area contributed by atoms with E-state index in [4.69, 9.17) is 11.6 Å². The molecule has 0 radical (unpaired) electrons. The van der Waals surface area contributed by atoms with E-state index in [0.717, 1.165) is 12.8 Å². The Bertz CT molecular complexity index is 439. The molecule has 19 heavy (non-hydrogen) atoms. The fourth-order valence-electron chi connectivity index (χ4n) is 1.87. The van der Waals surface area contributed by atoms with Crippen molar-refractivity contribution >= 4 is 17.3 Å². The highest BCUT2D eigenvalue weighted by Gasteiger charge is 2.24. The molecule has 1 aromatic rings. The Labute approximate surface area is 117 Å². The number of nitrogens with one attached hydrogen (secondary N) is 1. The summed E-state index contributed by atoms with van der Waals surface area (Å²) in [6.45, 7) is 4.39. The monoisotopic (exact) mass is 286 g/mol. The van der Waals surface area contributed by atoms with Crippen LogP contribution in [0.4, 0.5) is 5.69 Å². The number of hydrogen-bond acceptors (Lipinski definition) is 4. The maximum Gasteiger partial charge on any atom is 0.269 e. The minimum absolute atomic E-state index is 0.0174. The van der Waals surface area contributed by atoms with Crippen molar-refractivity contribution in [1.29, 1.82) is 0 Å². The fourth-order valence-corrected chi connectivity index (χ4v) is 2.06. The van der Waals surface area contributed by atoms with Crippen molar-refractivity contribution in [3.8, 4) is 0 Å². The summed E-state index contributed by atoms with van der Waals surface area (Å²) in [5.74, 6) is 0. The smallest absolute Gasteiger partial charge is 0.269 e. The van der Waals surface area contributed by atoms with Crippen LogP contribution in [0.2, 0.25) is 5.02 Å². The van der Waals surface area contributed by atoms with E-state index in [0.29, 0.717) is 17.1 Å². The van der Waals surface area contributed by atoms with Gasteiger partial charge in [0, 0.05) is 29.2 Å². The lowest BCUT2D eigenvalue weighted by molar-refractivity contribution is -0.384. The van der Waals surface area contributed by atoms with E-state index in [1.54, 1.807) is 0 Å². The number of hydrogen-bond donors (Lipinski definition) is 2. The van der Waals surface area contributed by atoms with Gasteiger partial charge in [-0.15, -0.1) is 0 Å². The van der Waals surface area contributed by atoms with Crippen molar-refractivity contribution in [1.82, 2.24) is 5.32 Å². The Hall–Kier alpha value is -1.17. The first kappa shape index (κ1) is 15.9. The third kappa shape index (κ3) is 3.89. The van der Waals surface area contributed by atoms with Crippen molar-refractivity contribution < 1.29 is 10.0 Å². The van der Waals surface area contributed by atoms with Gasteiger partial charge in [0.05, 0.1) is 11.5 Å². The molecule has 6 heteroatoms. The summed E-state index contributed by atoms with van der Waals surface area (Å²) in [7, 11) is 0. The first-order valence-electron chi connectivity index (χ1n) is 6.26. The summed E-state index contributed by atoms with van der Waals surface area (Å²) >= 11 is 6.03. The fraction of sp³-hybridized carbons (Fsp3) is 0.538. The molecular formula is C13H19ClN2O3. The Morgan fingerprint density at radius 1 is 1.42 bits per heavy atom. The van der Waals surface area contributed by atoms with Gasteiger partial charge in [-0.05, 0) is 24.5 Å². The zero-order valence-corrected chi connectivity index (χ0v) is 11.9. The number of halogens is 1. The number of nitrogens with zero attached hydrogens (tertiary/aromatic N) is 1. The van der Waals surface area contributed by atoms with Crippen LogP contribution in [0.3, 0.4) is 0 Å². The molecule has 0 bridgehead atoms. The number of rotatable bonds is 7. The third-order valence-electron chi connectivity index (χ3n) is 3.55. The Kier molecular flexibility index (Phi) is 5.72. The summed E-state index contributed by atoms with van der Waals surface area (Å²) in [5, 5.41) is 23.9. The molecule has 106 valence electrons. The van der Waals surface area contributed by atoms with Gasteiger partial charge in [0.2, 0.25) is 0 Å². The van der Waals surface area contributed by atoms with Gasteiger partial charge in [-0.3, -0.25) is 10.1 Å². The maximum absolute atomic E-state index is 10.7. The topological polar surface area (TPSA) is 75.4 Å². The molecule has 0 spiro atoms. The number of nitro benzene ring substituents is 1. The molecule has 2 N–H and O–H groups in total. The van der Waals surface area contributed by atoms with E-state index < -0.39 is 4.92 Å². The van der Waals surface area contributed by atoms with Crippen LogP contribution in [0, 0.1) is 10.1 Å². The lowest BCUT2D eigenvalue weighted by Crippen LogP contribution is -2.47. The summed E-state index contributed by atoms with van der Waals surface area (Å²) in [5.41, 5.74) is 0.313. The molecule has 0 aromatic heterocycles. The van der Waals surface area contributed by atoms with Gasteiger partial charge in [-0.2, -0.15) is 0 Å². The highest BCUT2D eigenvalue weighted by molar-refractivity contribution is 6.31. The van der Waals surface area contributed by atoms with Crippen molar-refractivity contribution in [3.05, 3.63) is 38.9 Å². The first-order valence-corrected chi connectivity index (χ1v) is 6.64. The quantitative estimate of drug-likeness (QED) is 0.597. The van der Waals surface area contributed by atoms with E-state index in [2.05, 4.69) is 5.32 Å². The molecule has 0 atom stereocenters. The summed E-state index contributed by atoms with van der Waals surface area (Å²) in [6, 6.07) is 4.36. The van der Waals surface area contributed by atoms with E-state index in [-0.39, 0.29) is 17.8 Å². The molecule has 0 unspecified atom stereocenters. The first-order chi connectivity index (χ1) is 8.98. The van der Waals surface area contributed by atoms with Crippen molar-refractivity contribution in [2.75, 3.05) is 6.61 Å². The van der Waals surface area contributed by atoms with Crippen LogP contribution < -0.4 is 5.32 Å². The third-order valence-corrected chi connectivity index (χ3v) is 3.92. The normalized spacial score (nSPS) is 11.6. The molecule has 0 heterocycles. The van der Waals surface area contributed by atoms with E-state index >= 15 is 0 Å². The van der Waals surface area contributed by atoms with E-state index in [9.17, 15) is 15.2 Å². The molecule has 0 aliphatic rings. The standard InChI is InChI=1S/C13H19ClN2O3/c1-3-13(4-2,9-17)15-8-10-7-11(16(18)19)5-6-12(10)14/h5-7,15,17H,3-4,8-9H2,1-2H3. The van der Waals surface area contributed by atoms with E-state index in [1.165, 1.54) is 18.2 Å². The van der Waals surface area contributed by atoms with Crippen molar-refractivity contribution in [3.63, 3.8) is 0 Å². The molecule has 1 aromatic carbocycles. The maximum atomic E-state index is 10.7. The number of nitro groups is 1. The van der Waals surface area contributed by atoms with Crippen molar-refractivity contribution in [2.24, 2.45) is 0 Å². The highest BCUT2D eigenvalue weighted by atomic mass is 35.5. The molecule has 0 aliphatic carbocycles. The molecule has 5 nitrogen and oxygen atoms in total. The van der Waals surface area contributed by atoms with Crippen LogP contribution in [-0.4, -0.2) is 22.2 Å². The average molecular weight is 287 g/mol. The second kappa shape index (κ2) is 6.84. The van der Waals surface area contributed by atoms with Crippen LogP contribution in [0.25, 0.3) is 0 Å². The SMILES string of the molecule is CCC(CC)(CO)NCc1cc([N+](=O)[O-])ccc1Cl. The average Bonchev–Trinajstić information content (AvgIpc) is 2.42. The number of aliphatic hydroxyl groups is 1. The van der Waals surface area contributed by atoms with Gasteiger partial charge in [0.25, 0.3) is 5.69 Å². The molecule has 0 fully saturated rings. The lowest BCUT2D eigenvalue weighted by atomic mass is 9.93. The number of non-ortho nitro benzene ring substituents is 1. The van der Waals surface area contributed by atoms with Crippen LogP contribution in [-0.2, 0) is 6.54 Å². The van der Waals surface area contributed by atoms with Crippen LogP contribution >= 0.6 is 11.6 Å². The lowest BCUT2D eigenvalue weighted by Gasteiger charge is -2.31. The zero-order valence-electron chi connectivity index (χ0n) is 11.1. The minimum atomic E-state index is -0.446. The van der Waals surface area contributed by atoms with Crippen LogP contribution in [0.1, 0.15) is 32.3 Å². The molecule has 0 saturated heterocycles. The van der Waals surface area contributed by atoms with E-state index in [1.807, 2.05) is 13.8 Å². The van der Waals surface area contributed by atoms with Gasteiger partial charge < -0.3 is 10.4 Å². The predicted molar refractivity (Wildman–Crippen MR) is 75.3 cm³/mol. The minimum Gasteiger partial charge on any atom is -0.394 e. The van der Waals surface area contributed by atoms with Crippen LogP contribution in [0.15, 0.2) is 18.2 Å². The Morgan fingerprint density at radius 3 is 2.53 bits per heavy atom. The zero-order chi connectivity index (χ0) is 14.5. The molecule has 0 saturated carbocycles. The summed E-state index contributed by atoms with van der Waals surface area (Å²) < 4.78 is 0. The molecule has 1 rings (SSSR count). The number of benzene rings is 1. The highest BCUT2D eigenvalue weighted by Crippen LogP contribution is 2.23. The number of aliphatic hydroxyl groups excluding tert-OH is 1. The Balaban J connectivity index is 2.87. The van der Waals surface area contributed by atoms with Gasteiger partial charge in [-0.1, -0.05) is 25.4 Å². The molecule has 0 aliphatic heterocycles. The largest absolute Gasteiger partial charge is 0.394 e. The van der Waals surface area contributed by atoms with Gasteiger partial charge in [0.1, 0.15) is 0 Å². The second-order valence-corrected chi connectivity index (χ2v) is 4.94. The Morgan fingerprint density at radius 2 is 2.05 bits per heavy atom. The van der Waals surface area contributed by atoms with Gasteiger partial charge in [-0.25, -0.2) is 0 Å². The second-order valence-electron chi connectivity index (χ2n) is 4.53.